The Morgan fingerprint density at radius 2 is 1.68 bits per heavy atom. The minimum Gasteiger partial charge on any atom is -0.387 e. The molecule has 0 amide bonds. The lowest BCUT2D eigenvalue weighted by Gasteiger charge is -2.43. The Morgan fingerprint density at radius 1 is 1.10 bits per heavy atom. The van der Waals surface area contributed by atoms with E-state index in [1.807, 2.05) is 13.8 Å². The first-order valence-electron chi connectivity index (χ1n) is 12.4. The van der Waals surface area contributed by atoms with Crippen LogP contribution in [0, 0.1) is 5.41 Å². The molecule has 176 valence electrons. The normalized spacial score (nSPS) is 25.6. The van der Waals surface area contributed by atoms with E-state index in [0.29, 0.717) is 31.1 Å². The minimum atomic E-state index is -0.774. The van der Waals surface area contributed by atoms with Gasteiger partial charge in [0.05, 0.1) is 18.3 Å². The first-order valence-corrected chi connectivity index (χ1v) is 12.4. The SMILES string of the molecule is CCC(CCCC1(C(C)=O)CCC(O)(COC(C)C)CC1)c1ccc(C(C)(C)C)cc1. The average molecular weight is 431 g/mol. The molecule has 0 saturated heterocycles. The molecule has 1 N–H and O–H groups in total. The molecule has 1 fully saturated rings. The van der Waals surface area contributed by atoms with Crippen molar-refractivity contribution in [1.82, 2.24) is 0 Å². The highest BCUT2D eigenvalue weighted by atomic mass is 16.5. The molecular formula is C28H46O3. The predicted molar refractivity (Wildman–Crippen MR) is 130 cm³/mol. The van der Waals surface area contributed by atoms with Gasteiger partial charge in [0.15, 0.2) is 0 Å². The zero-order chi connectivity index (χ0) is 23.3. The number of ketones is 1. The Balaban J connectivity index is 1.95. The Bertz CT molecular complexity index is 688. The highest BCUT2D eigenvalue weighted by Crippen LogP contribution is 2.46. The third-order valence-corrected chi connectivity index (χ3v) is 7.52. The third-order valence-electron chi connectivity index (χ3n) is 7.52. The largest absolute Gasteiger partial charge is 0.387 e. The van der Waals surface area contributed by atoms with Crippen LogP contribution < -0.4 is 0 Å². The standard InChI is InChI=1S/C28H46O3/c1-8-23(24-11-13-25(14-12-24)26(5,6)7)10-9-15-27(22(4)29)16-18-28(30,19-17-27)20-31-21(2)3/h11-14,21,23,30H,8-10,15-20H2,1-7H3. The quantitative estimate of drug-likeness (QED) is 0.437. The van der Waals surface area contributed by atoms with Crippen molar-refractivity contribution < 1.29 is 14.6 Å². The minimum absolute atomic E-state index is 0.118. The molecule has 0 spiro atoms. The number of Topliss-reactive ketones (excluding diaryl/α,β-unsaturated/α-hetero) is 1. The van der Waals surface area contributed by atoms with Crippen molar-refractivity contribution in [2.45, 2.75) is 123 Å². The van der Waals surface area contributed by atoms with E-state index < -0.39 is 5.60 Å². The molecule has 0 bridgehead atoms. The molecule has 1 aromatic carbocycles. The Kier molecular flexibility index (Phi) is 8.93. The molecule has 1 aliphatic carbocycles. The van der Waals surface area contributed by atoms with Crippen molar-refractivity contribution in [3.8, 4) is 0 Å². The van der Waals surface area contributed by atoms with Gasteiger partial charge in [0, 0.05) is 5.41 Å². The van der Waals surface area contributed by atoms with Crippen LogP contribution in [-0.4, -0.2) is 29.2 Å². The van der Waals surface area contributed by atoms with Crippen LogP contribution in [0.5, 0.6) is 0 Å². The summed E-state index contributed by atoms with van der Waals surface area (Å²) in [7, 11) is 0. The van der Waals surface area contributed by atoms with Gasteiger partial charge >= 0.3 is 0 Å². The van der Waals surface area contributed by atoms with E-state index in [-0.39, 0.29) is 16.9 Å². The van der Waals surface area contributed by atoms with Gasteiger partial charge in [-0.15, -0.1) is 0 Å². The third kappa shape index (κ3) is 7.15. The molecule has 1 atom stereocenters. The van der Waals surface area contributed by atoms with Crippen molar-refractivity contribution in [3.05, 3.63) is 35.4 Å². The van der Waals surface area contributed by atoms with Crippen LogP contribution in [0.4, 0.5) is 0 Å². The molecule has 0 aromatic heterocycles. The van der Waals surface area contributed by atoms with Gasteiger partial charge in [0.1, 0.15) is 5.78 Å². The van der Waals surface area contributed by atoms with E-state index in [1.54, 1.807) is 6.92 Å². The molecule has 1 aromatic rings. The van der Waals surface area contributed by atoms with Crippen LogP contribution in [0.1, 0.15) is 117 Å². The number of benzene rings is 1. The van der Waals surface area contributed by atoms with Gasteiger partial charge in [0.2, 0.25) is 0 Å². The van der Waals surface area contributed by atoms with Crippen molar-refractivity contribution in [2.75, 3.05) is 6.61 Å². The van der Waals surface area contributed by atoms with Crippen LogP contribution >= 0.6 is 0 Å². The van der Waals surface area contributed by atoms with Gasteiger partial charge in [-0.05, 0) is 88.2 Å². The van der Waals surface area contributed by atoms with Crippen LogP contribution in [0.25, 0.3) is 0 Å². The predicted octanol–water partition coefficient (Wildman–Crippen LogP) is 6.95. The zero-order valence-electron chi connectivity index (χ0n) is 21.1. The Morgan fingerprint density at radius 3 is 2.13 bits per heavy atom. The second-order valence-corrected chi connectivity index (χ2v) is 11.3. The van der Waals surface area contributed by atoms with Gasteiger partial charge in [-0.3, -0.25) is 4.79 Å². The molecule has 0 heterocycles. The van der Waals surface area contributed by atoms with E-state index in [9.17, 15) is 9.90 Å². The topological polar surface area (TPSA) is 46.5 Å². The lowest BCUT2D eigenvalue weighted by molar-refractivity contribution is -0.138. The molecule has 3 heteroatoms. The Hall–Kier alpha value is -1.19. The van der Waals surface area contributed by atoms with Crippen molar-refractivity contribution in [1.29, 1.82) is 0 Å². The lowest BCUT2D eigenvalue weighted by Crippen LogP contribution is -2.45. The number of carbonyl (C=O) groups is 1. The molecule has 0 aliphatic heterocycles. The van der Waals surface area contributed by atoms with Crippen LogP contribution in [0.2, 0.25) is 0 Å². The summed E-state index contributed by atoms with van der Waals surface area (Å²) in [5.74, 6) is 0.833. The summed E-state index contributed by atoms with van der Waals surface area (Å²) in [5, 5.41) is 10.9. The first-order chi connectivity index (χ1) is 14.4. The van der Waals surface area contributed by atoms with Gasteiger partial charge in [0.25, 0.3) is 0 Å². The van der Waals surface area contributed by atoms with Gasteiger partial charge in [-0.25, -0.2) is 0 Å². The summed E-state index contributed by atoms with van der Waals surface area (Å²) in [4.78, 5) is 12.6. The second-order valence-electron chi connectivity index (χ2n) is 11.3. The molecule has 2 rings (SSSR count). The number of aliphatic hydroxyl groups is 1. The zero-order valence-corrected chi connectivity index (χ0v) is 21.1. The van der Waals surface area contributed by atoms with Crippen molar-refractivity contribution in [2.24, 2.45) is 5.41 Å². The summed E-state index contributed by atoms with van der Waals surface area (Å²) in [6.07, 6.45) is 7.20. The number of ether oxygens (including phenoxy) is 1. The number of carbonyl (C=O) groups excluding carboxylic acids is 1. The maximum absolute atomic E-state index is 12.6. The monoisotopic (exact) mass is 430 g/mol. The first kappa shape index (κ1) is 26.1. The number of rotatable bonds is 10. The van der Waals surface area contributed by atoms with E-state index in [4.69, 9.17) is 4.74 Å². The molecular weight excluding hydrogens is 384 g/mol. The molecule has 0 radical (unpaired) electrons. The smallest absolute Gasteiger partial charge is 0.135 e. The molecule has 1 aliphatic rings. The van der Waals surface area contributed by atoms with Crippen molar-refractivity contribution in [3.63, 3.8) is 0 Å². The average Bonchev–Trinajstić information content (AvgIpc) is 2.71. The van der Waals surface area contributed by atoms with Crippen LogP contribution in [0.15, 0.2) is 24.3 Å². The summed E-state index contributed by atoms with van der Waals surface area (Å²) in [6, 6.07) is 9.14. The fourth-order valence-electron chi connectivity index (χ4n) is 4.99. The highest BCUT2D eigenvalue weighted by Gasteiger charge is 2.44. The van der Waals surface area contributed by atoms with E-state index >= 15 is 0 Å². The molecule has 31 heavy (non-hydrogen) atoms. The Labute approximate surface area is 191 Å². The maximum Gasteiger partial charge on any atom is 0.135 e. The van der Waals surface area contributed by atoms with Gasteiger partial charge < -0.3 is 9.84 Å². The van der Waals surface area contributed by atoms with Crippen molar-refractivity contribution >= 4 is 5.78 Å². The maximum atomic E-state index is 12.6. The van der Waals surface area contributed by atoms with Gasteiger partial charge in [-0.2, -0.15) is 0 Å². The van der Waals surface area contributed by atoms with Crippen LogP contribution in [0.3, 0.4) is 0 Å². The summed E-state index contributed by atoms with van der Waals surface area (Å²) in [6.45, 7) is 15.1. The highest BCUT2D eigenvalue weighted by molar-refractivity contribution is 5.82. The number of hydrogen-bond acceptors (Lipinski definition) is 3. The van der Waals surface area contributed by atoms with Crippen LogP contribution in [-0.2, 0) is 14.9 Å². The molecule has 3 nitrogen and oxygen atoms in total. The van der Waals surface area contributed by atoms with E-state index in [0.717, 1.165) is 38.5 Å². The molecule has 1 saturated carbocycles. The summed E-state index contributed by atoms with van der Waals surface area (Å²) in [5.41, 5.74) is 1.92. The summed E-state index contributed by atoms with van der Waals surface area (Å²) >= 11 is 0. The second kappa shape index (κ2) is 10.6. The molecule has 1 unspecified atom stereocenters. The van der Waals surface area contributed by atoms with E-state index in [1.165, 1.54) is 11.1 Å². The van der Waals surface area contributed by atoms with E-state index in [2.05, 4.69) is 52.0 Å². The fourth-order valence-corrected chi connectivity index (χ4v) is 4.99. The summed E-state index contributed by atoms with van der Waals surface area (Å²) < 4.78 is 5.68. The lowest BCUT2D eigenvalue weighted by atomic mass is 9.64. The fraction of sp³-hybridized carbons (Fsp3) is 0.750. The number of hydrogen-bond donors (Lipinski definition) is 1. The van der Waals surface area contributed by atoms with Gasteiger partial charge in [-0.1, -0.05) is 58.4 Å².